The molecule has 30 heavy (non-hydrogen) atoms. The van der Waals surface area contributed by atoms with E-state index in [4.69, 9.17) is 34.8 Å². The summed E-state index contributed by atoms with van der Waals surface area (Å²) in [4.78, 5) is 24.5. The topological polar surface area (TPSA) is 75.6 Å². The fourth-order valence-electron chi connectivity index (χ4n) is 3.25. The van der Waals surface area contributed by atoms with Crippen LogP contribution in [-0.4, -0.2) is 26.1 Å². The molecule has 4 aromatic rings. The molecule has 0 aliphatic heterocycles. The van der Waals surface area contributed by atoms with Gasteiger partial charge in [-0.1, -0.05) is 40.9 Å². The molecule has 2 heterocycles. The van der Waals surface area contributed by atoms with E-state index in [1.165, 1.54) is 0 Å². The zero-order chi connectivity index (χ0) is 21.3. The Labute approximate surface area is 187 Å². The lowest BCUT2D eigenvalue weighted by atomic mass is 10.1. The van der Waals surface area contributed by atoms with Crippen LogP contribution in [-0.2, 0) is 13.0 Å². The molecule has 6 nitrogen and oxygen atoms in total. The van der Waals surface area contributed by atoms with Crippen LogP contribution in [0, 0.1) is 0 Å². The molecular formula is C21H18Cl3N5O. The van der Waals surface area contributed by atoms with Gasteiger partial charge in [-0.05, 0) is 55.3 Å². The number of anilines is 1. The SMILES string of the molecule is CCn1c(-c2ccc(Cl)cc2)nc2c(=O)[nH]c(NCCc3ccc(Cl)cc3Cl)nc21. The first-order valence-electron chi connectivity index (χ1n) is 9.40. The first-order valence-corrected chi connectivity index (χ1v) is 10.5. The summed E-state index contributed by atoms with van der Waals surface area (Å²) in [7, 11) is 0. The molecule has 4 rings (SSSR count). The molecule has 0 amide bonds. The quantitative estimate of drug-likeness (QED) is 0.401. The number of H-pyrrole nitrogens is 1. The average Bonchev–Trinajstić information content (AvgIpc) is 3.09. The van der Waals surface area contributed by atoms with Crippen LogP contribution in [0.4, 0.5) is 5.95 Å². The smallest absolute Gasteiger partial charge is 0.280 e. The normalized spacial score (nSPS) is 11.2. The summed E-state index contributed by atoms with van der Waals surface area (Å²) in [5.74, 6) is 1.06. The Kier molecular flexibility index (Phi) is 5.99. The summed E-state index contributed by atoms with van der Waals surface area (Å²) >= 11 is 18.1. The van der Waals surface area contributed by atoms with E-state index >= 15 is 0 Å². The molecule has 0 saturated carbocycles. The van der Waals surface area contributed by atoms with Crippen LogP contribution < -0.4 is 10.9 Å². The van der Waals surface area contributed by atoms with E-state index in [9.17, 15) is 4.79 Å². The van der Waals surface area contributed by atoms with Gasteiger partial charge in [-0.2, -0.15) is 4.98 Å². The van der Waals surface area contributed by atoms with Crippen molar-refractivity contribution in [3.63, 3.8) is 0 Å². The second-order valence-corrected chi connectivity index (χ2v) is 7.97. The predicted octanol–water partition coefficient (Wildman–Crippen LogP) is 5.42. The summed E-state index contributed by atoms with van der Waals surface area (Å²) in [5.41, 5.74) is 2.35. The van der Waals surface area contributed by atoms with Crippen molar-refractivity contribution in [1.29, 1.82) is 0 Å². The molecule has 0 unspecified atom stereocenters. The van der Waals surface area contributed by atoms with E-state index in [-0.39, 0.29) is 5.56 Å². The summed E-state index contributed by atoms with van der Waals surface area (Å²) in [6.07, 6.45) is 0.654. The van der Waals surface area contributed by atoms with E-state index in [2.05, 4.69) is 20.3 Å². The lowest BCUT2D eigenvalue weighted by Crippen LogP contribution is -2.15. The van der Waals surface area contributed by atoms with Gasteiger partial charge in [0.25, 0.3) is 5.56 Å². The zero-order valence-electron chi connectivity index (χ0n) is 16.0. The molecule has 2 aromatic heterocycles. The molecule has 0 bridgehead atoms. The van der Waals surface area contributed by atoms with Gasteiger partial charge < -0.3 is 9.88 Å². The van der Waals surface area contributed by atoms with Gasteiger partial charge in [-0.15, -0.1) is 0 Å². The van der Waals surface area contributed by atoms with Gasteiger partial charge in [0, 0.05) is 33.7 Å². The first-order chi connectivity index (χ1) is 14.5. The van der Waals surface area contributed by atoms with Crippen LogP contribution in [0.2, 0.25) is 15.1 Å². The third-order valence-corrected chi connectivity index (χ3v) is 5.57. The highest BCUT2D eigenvalue weighted by molar-refractivity contribution is 6.35. The van der Waals surface area contributed by atoms with Gasteiger partial charge in [0.05, 0.1) is 0 Å². The van der Waals surface area contributed by atoms with Gasteiger partial charge in [0.1, 0.15) is 5.82 Å². The number of halogens is 3. The maximum absolute atomic E-state index is 12.6. The highest BCUT2D eigenvalue weighted by Gasteiger charge is 2.16. The Balaban J connectivity index is 1.62. The van der Waals surface area contributed by atoms with Crippen molar-refractivity contribution in [2.24, 2.45) is 0 Å². The van der Waals surface area contributed by atoms with Crippen LogP contribution in [0.1, 0.15) is 12.5 Å². The molecular weight excluding hydrogens is 445 g/mol. The average molecular weight is 463 g/mol. The first kappa shape index (κ1) is 20.7. The molecule has 0 atom stereocenters. The Morgan fingerprint density at radius 3 is 2.47 bits per heavy atom. The molecule has 0 fully saturated rings. The van der Waals surface area contributed by atoms with Crippen molar-refractivity contribution in [1.82, 2.24) is 19.5 Å². The van der Waals surface area contributed by atoms with E-state index in [0.717, 1.165) is 11.1 Å². The number of hydrogen-bond donors (Lipinski definition) is 2. The van der Waals surface area contributed by atoms with Gasteiger partial charge in [-0.3, -0.25) is 9.78 Å². The van der Waals surface area contributed by atoms with Crippen molar-refractivity contribution in [2.75, 3.05) is 11.9 Å². The minimum absolute atomic E-state index is 0.297. The van der Waals surface area contributed by atoms with E-state index in [0.29, 0.717) is 57.5 Å². The summed E-state index contributed by atoms with van der Waals surface area (Å²) in [6.45, 7) is 3.14. The van der Waals surface area contributed by atoms with Crippen molar-refractivity contribution < 1.29 is 0 Å². The Morgan fingerprint density at radius 2 is 1.77 bits per heavy atom. The minimum atomic E-state index is -0.297. The predicted molar refractivity (Wildman–Crippen MR) is 123 cm³/mol. The van der Waals surface area contributed by atoms with Gasteiger partial charge in [0.2, 0.25) is 5.95 Å². The lowest BCUT2D eigenvalue weighted by molar-refractivity contribution is 0.786. The molecule has 154 valence electrons. The van der Waals surface area contributed by atoms with Crippen molar-refractivity contribution >= 4 is 51.9 Å². The molecule has 0 saturated heterocycles. The number of imidazole rings is 1. The second kappa shape index (κ2) is 8.68. The van der Waals surface area contributed by atoms with E-state index in [1.807, 2.05) is 29.7 Å². The Morgan fingerprint density at radius 1 is 1.03 bits per heavy atom. The number of aromatic amines is 1. The fourth-order valence-corrected chi connectivity index (χ4v) is 3.88. The van der Waals surface area contributed by atoms with Gasteiger partial charge >= 0.3 is 0 Å². The summed E-state index contributed by atoms with van der Waals surface area (Å²) in [5, 5.41) is 5.00. The molecule has 2 aromatic carbocycles. The van der Waals surface area contributed by atoms with Gasteiger partial charge in [0.15, 0.2) is 11.2 Å². The number of nitrogens with zero attached hydrogens (tertiary/aromatic N) is 3. The number of aromatic nitrogens is 4. The van der Waals surface area contributed by atoms with Crippen LogP contribution >= 0.6 is 34.8 Å². The largest absolute Gasteiger partial charge is 0.355 e. The zero-order valence-corrected chi connectivity index (χ0v) is 18.3. The Bertz CT molecular complexity index is 1260. The Hall–Kier alpha value is -2.54. The molecule has 9 heteroatoms. The second-order valence-electron chi connectivity index (χ2n) is 6.69. The number of aryl methyl sites for hydroxylation is 1. The van der Waals surface area contributed by atoms with Crippen molar-refractivity contribution in [2.45, 2.75) is 19.9 Å². The van der Waals surface area contributed by atoms with E-state index < -0.39 is 0 Å². The number of rotatable bonds is 6. The van der Waals surface area contributed by atoms with Crippen LogP contribution in [0.15, 0.2) is 47.3 Å². The molecule has 0 aliphatic rings. The maximum atomic E-state index is 12.6. The van der Waals surface area contributed by atoms with Crippen molar-refractivity contribution in [3.8, 4) is 11.4 Å². The van der Waals surface area contributed by atoms with Crippen molar-refractivity contribution in [3.05, 3.63) is 73.4 Å². The van der Waals surface area contributed by atoms with Crippen LogP contribution in [0.3, 0.4) is 0 Å². The van der Waals surface area contributed by atoms with Crippen LogP contribution in [0.25, 0.3) is 22.6 Å². The summed E-state index contributed by atoms with van der Waals surface area (Å²) in [6, 6.07) is 12.7. The highest BCUT2D eigenvalue weighted by atomic mass is 35.5. The number of benzene rings is 2. The monoisotopic (exact) mass is 461 g/mol. The maximum Gasteiger partial charge on any atom is 0.280 e. The third-order valence-electron chi connectivity index (χ3n) is 4.73. The summed E-state index contributed by atoms with van der Waals surface area (Å²) < 4.78 is 1.91. The fraction of sp³-hybridized carbons (Fsp3) is 0.190. The minimum Gasteiger partial charge on any atom is -0.355 e. The van der Waals surface area contributed by atoms with Crippen LogP contribution in [0.5, 0.6) is 0 Å². The molecule has 0 spiro atoms. The van der Waals surface area contributed by atoms with E-state index in [1.54, 1.807) is 24.3 Å². The third kappa shape index (κ3) is 4.17. The molecule has 0 aliphatic carbocycles. The highest BCUT2D eigenvalue weighted by Crippen LogP contribution is 2.24. The van der Waals surface area contributed by atoms with Gasteiger partial charge in [-0.25, -0.2) is 4.98 Å². The molecule has 2 N–H and O–H groups in total. The lowest BCUT2D eigenvalue weighted by Gasteiger charge is -2.08. The number of hydrogen-bond acceptors (Lipinski definition) is 4. The number of nitrogens with one attached hydrogen (secondary N) is 2. The standard InChI is InChI=1S/C21H18Cl3N5O/c1-2-29-18(13-4-6-14(22)7-5-13)26-17-19(29)27-21(28-20(17)30)25-10-9-12-3-8-15(23)11-16(12)24/h3-8,11H,2,9-10H2,1H3,(H2,25,27,28,30). The molecule has 0 radical (unpaired) electrons. The number of fused-ring (bicyclic) bond motifs is 1.